The van der Waals surface area contributed by atoms with Crippen LogP contribution in [0.2, 0.25) is 0 Å². The Bertz CT molecular complexity index is 1190. The zero-order chi connectivity index (χ0) is 20.6. The van der Waals surface area contributed by atoms with Crippen molar-refractivity contribution in [3.63, 3.8) is 0 Å². The zero-order valence-corrected chi connectivity index (χ0v) is 17.1. The van der Waals surface area contributed by atoms with Crippen LogP contribution in [0.5, 0.6) is 5.75 Å². The SMILES string of the molecule is Cc1cc(-c2cc(S(C)(=O)=O)ccc2OCC2CC2)cn(Cc2cocn2)c1=O. The number of oxazole rings is 1. The number of pyridine rings is 1. The zero-order valence-electron chi connectivity index (χ0n) is 16.3. The van der Waals surface area contributed by atoms with Gasteiger partial charge in [-0.25, -0.2) is 13.4 Å². The third kappa shape index (κ3) is 4.42. The number of ether oxygens (including phenoxy) is 1. The second-order valence-electron chi connectivity index (χ2n) is 7.51. The first kappa shape index (κ1) is 19.4. The Labute approximate surface area is 168 Å². The fraction of sp³-hybridized carbons (Fsp3) is 0.333. The van der Waals surface area contributed by atoms with Crippen molar-refractivity contribution < 1.29 is 17.6 Å². The maximum absolute atomic E-state index is 12.6. The van der Waals surface area contributed by atoms with Gasteiger partial charge in [-0.1, -0.05) is 0 Å². The number of hydrogen-bond donors (Lipinski definition) is 0. The largest absolute Gasteiger partial charge is 0.493 e. The lowest BCUT2D eigenvalue weighted by molar-refractivity contribution is 0.301. The molecule has 0 atom stereocenters. The molecule has 1 aromatic carbocycles. The molecule has 0 N–H and O–H groups in total. The van der Waals surface area contributed by atoms with Crippen LogP contribution in [-0.2, 0) is 16.4 Å². The lowest BCUT2D eigenvalue weighted by Gasteiger charge is -2.15. The molecule has 0 saturated heterocycles. The minimum atomic E-state index is -3.38. The first-order chi connectivity index (χ1) is 13.8. The molecule has 7 nitrogen and oxygen atoms in total. The summed E-state index contributed by atoms with van der Waals surface area (Å²) in [5, 5.41) is 0. The van der Waals surface area contributed by atoms with Crippen LogP contribution < -0.4 is 10.3 Å². The van der Waals surface area contributed by atoms with E-state index in [-0.39, 0.29) is 17.0 Å². The molecule has 0 unspecified atom stereocenters. The molecule has 1 saturated carbocycles. The van der Waals surface area contributed by atoms with Crippen LogP contribution in [0, 0.1) is 12.8 Å². The molecular weight excluding hydrogens is 392 g/mol. The molecule has 0 amide bonds. The summed E-state index contributed by atoms with van der Waals surface area (Å²) < 4.78 is 36.7. The predicted octanol–water partition coefficient (Wildman–Crippen LogP) is 3.05. The van der Waals surface area contributed by atoms with Gasteiger partial charge in [-0.3, -0.25) is 4.79 Å². The second kappa shape index (κ2) is 7.51. The summed E-state index contributed by atoms with van der Waals surface area (Å²) in [7, 11) is -3.38. The monoisotopic (exact) mass is 414 g/mol. The van der Waals surface area contributed by atoms with Gasteiger partial charge >= 0.3 is 0 Å². The highest BCUT2D eigenvalue weighted by atomic mass is 32.2. The number of hydrogen-bond acceptors (Lipinski definition) is 6. The molecule has 4 rings (SSSR count). The number of nitrogens with zero attached hydrogens (tertiary/aromatic N) is 2. The molecule has 0 spiro atoms. The van der Waals surface area contributed by atoms with Crippen molar-refractivity contribution in [3.05, 3.63) is 64.7 Å². The first-order valence-corrected chi connectivity index (χ1v) is 11.3. The van der Waals surface area contributed by atoms with Crippen LogP contribution in [0.3, 0.4) is 0 Å². The molecular formula is C21H22N2O5S. The lowest BCUT2D eigenvalue weighted by Crippen LogP contribution is -2.22. The van der Waals surface area contributed by atoms with Crippen LogP contribution in [0.4, 0.5) is 0 Å². The van der Waals surface area contributed by atoms with Crippen LogP contribution in [-0.4, -0.2) is 30.8 Å². The van der Waals surface area contributed by atoms with Crippen LogP contribution in [0.25, 0.3) is 11.1 Å². The summed E-state index contributed by atoms with van der Waals surface area (Å²) in [6.07, 6.45) is 7.99. The van der Waals surface area contributed by atoms with Crippen molar-refractivity contribution in [3.8, 4) is 16.9 Å². The molecule has 0 aliphatic heterocycles. The first-order valence-electron chi connectivity index (χ1n) is 9.36. The molecule has 0 bridgehead atoms. The maximum Gasteiger partial charge on any atom is 0.253 e. The Morgan fingerprint density at radius 3 is 2.72 bits per heavy atom. The van der Waals surface area contributed by atoms with Gasteiger partial charge in [0.1, 0.15) is 12.0 Å². The topological polar surface area (TPSA) is 91.4 Å². The van der Waals surface area contributed by atoms with Gasteiger partial charge in [0.15, 0.2) is 16.2 Å². The van der Waals surface area contributed by atoms with Gasteiger partial charge < -0.3 is 13.7 Å². The van der Waals surface area contributed by atoms with E-state index in [1.165, 1.54) is 18.9 Å². The highest BCUT2D eigenvalue weighted by molar-refractivity contribution is 7.90. The standard InChI is InChI=1S/C21H22N2O5S/c1-14-7-16(9-23(21(14)24)10-17-12-27-13-22-17)19-8-18(29(2,25)26)5-6-20(19)28-11-15-3-4-15/h5-9,12-13,15H,3-4,10-11H2,1-2H3. The van der Waals surface area contributed by atoms with E-state index in [4.69, 9.17) is 9.15 Å². The summed E-state index contributed by atoms with van der Waals surface area (Å²) in [4.78, 5) is 16.9. The van der Waals surface area contributed by atoms with E-state index in [0.717, 1.165) is 12.8 Å². The van der Waals surface area contributed by atoms with E-state index in [1.54, 1.807) is 42.0 Å². The average Bonchev–Trinajstić information content (AvgIpc) is 3.37. The Kier molecular flexibility index (Phi) is 5.04. The van der Waals surface area contributed by atoms with Crippen molar-refractivity contribution in [1.82, 2.24) is 9.55 Å². The van der Waals surface area contributed by atoms with Gasteiger partial charge in [0.2, 0.25) is 0 Å². The molecule has 152 valence electrons. The van der Waals surface area contributed by atoms with Crippen molar-refractivity contribution in [1.29, 1.82) is 0 Å². The van der Waals surface area contributed by atoms with E-state index in [9.17, 15) is 13.2 Å². The minimum Gasteiger partial charge on any atom is -0.493 e. The molecule has 1 aliphatic carbocycles. The molecule has 3 aromatic rings. The fourth-order valence-electron chi connectivity index (χ4n) is 3.12. The highest BCUT2D eigenvalue weighted by Gasteiger charge is 2.23. The molecule has 1 aliphatic rings. The van der Waals surface area contributed by atoms with Gasteiger partial charge in [-0.15, -0.1) is 0 Å². The molecule has 0 radical (unpaired) electrons. The molecule has 1 fully saturated rings. The molecule has 2 heterocycles. The Morgan fingerprint density at radius 2 is 2.07 bits per heavy atom. The summed E-state index contributed by atoms with van der Waals surface area (Å²) >= 11 is 0. The smallest absolute Gasteiger partial charge is 0.253 e. The quantitative estimate of drug-likeness (QED) is 0.590. The molecule has 2 aromatic heterocycles. The Morgan fingerprint density at radius 1 is 1.28 bits per heavy atom. The van der Waals surface area contributed by atoms with Crippen LogP contribution in [0.1, 0.15) is 24.1 Å². The van der Waals surface area contributed by atoms with Gasteiger partial charge in [0, 0.05) is 29.1 Å². The summed E-state index contributed by atoms with van der Waals surface area (Å²) in [6, 6.07) is 6.61. The van der Waals surface area contributed by atoms with E-state index in [1.807, 2.05) is 0 Å². The lowest BCUT2D eigenvalue weighted by atomic mass is 10.0. The highest BCUT2D eigenvalue weighted by Crippen LogP contribution is 2.35. The van der Waals surface area contributed by atoms with E-state index in [2.05, 4.69) is 4.98 Å². The summed E-state index contributed by atoms with van der Waals surface area (Å²) in [5.74, 6) is 1.16. The normalized spacial score (nSPS) is 14.1. The van der Waals surface area contributed by atoms with Crippen LogP contribution >= 0.6 is 0 Å². The fourth-order valence-corrected chi connectivity index (χ4v) is 3.77. The van der Waals surface area contributed by atoms with Crippen LogP contribution in [0.15, 0.2) is 57.2 Å². The summed E-state index contributed by atoms with van der Waals surface area (Å²) in [6.45, 7) is 2.59. The van der Waals surface area contributed by atoms with Gasteiger partial charge in [-0.05, 0) is 49.9 Å². The number of rotatable bonds is 7. The molecule has 29 heavy (non-hydrogen) atoms. The second-order valence-corrected chi connectivity index (χ2v) is 9.52. The predicted molar refractivity (Wildman–Crippen MR) is 108 cm³/mol. The van der Waals surface area contributed by atoms with E-state index < -0.39 is 9.84 Å². The van der Waals surface area contributed by atoms with Gasteiger partial charge in [-0.2, -0.15) is 0 Å². The number of aryl methyl sites for hydroxylation is 1. The van der Waals surface area contributed by atoms with Crippen molar-refractivity contribution in [2.24, 2.45) is 5.92 Å². The third-order valence-electron chi connectivity index (χ3n) is 4.94. The van der Waals surface area contributed by atoms with E-state index >= 15 is 0 Å². The maximum atomic E-state index is 12.6. The Balaban J connectivity index is 1.80. The summed E-state index contributed by atoms with van der Waals surface area (Å²) in [5.41, 5.74) is 2.38. The average molecular weight is 414 g/mol. The number of benzene rings is 1. The number of sulfone groups is 1. The number of aromatic nitrogens is 2. The van der Waals surface area contributed by atoms with Crippen molar-refractivity contribution >= 4 is 9.84 Å². The van der Waals surface area contributed by atoms with Crippen molar-refractivity contribution in [2.45, 2.75) is 31.2 Å². The van der Waals surface area contributed by atoms with E-state index in [0.29, 0.717) is 40.7 Å². The minimum absolute atomic E-state index is 0.142. The van der Waals surface area contributed by atoms with Gasteiger partial charge in [0.25, 0.3) is 5.56 Å². The molecule has 8 heteroatoms. The van der Waals surface area contributed by atoms with Crippen molar-refractivity contribution in [2.75, 3.05) is 12.9 Å². The third-order valence-corrected chi connectivity index (χ3v) is 6.05. The van der Waals surface area contributed by atoms with Gasteiger partial charge in [0.05, 0.1) is 23.7 Å². The Hall–Kier alpha value is -2.87.